The van der Waals surface area contributed by atoms with Crippen molar-refractivity contribution in [3.63, 3.8) is 0 Å². The quantitative estimate of drug-likeness (QED) is 0.761. The Morgan fingerprint density at radius 2 is 2.07 bits per heavy atom. The van der Waals surface area contributed by atoms with Gasteiger partial charge >= 0.3 is 0 Å². The molecule has 0 unspecified atom stereocenters. The first-order valence-corrected chi connectivity index (χ1v) is 10.9. The Kier molecular flexibility index (Phi) is 4.71. The van der Waals surface area contributed by atoms with E-state index < -0.39 is 15.8 Å². The van der Waals surface area contributed by atoms with Gasteiger partial charge in [-0.1, -0.05) is 6.07 Å². The van der Waals surface area contributed by atoms with Crippen LogP contribution in [0.3, 0.4) is 0 Å². The predicted molar refractivity (Wildman–Crippen MR) is 96.2 cm³/mol. The Hall–Kier alpha value is -2.29. The van der Waals surface area contributed by atoms with E-state index in [9.17, 15) is 18.0 Å². The molecule has 8 nitrogen and oxygen atoms in total. The molecule has 0 aliphatic carbocycles. The van der Waals surface area contributed by atoms with Gasteiger partial charge in [-0.2, -0.15) is 0 Å². The average molecular weight is 394 g/mol. The van der Waals surface area contributed by atoms with E-state index in [2.05, 4.69) is 5.32 Å². The van der Waals surface area contributed by atoms with Gasteiger partial charge in [0, 0.05) is 25.6 Å². The minimum absolute atomic E-state index is 0.0111. The van der Waals surface area contributed by atoms with Gasteiger partial charge in [-0.25, -0.2) is 8.42 Å². The molecule has 3 aliphatic rings. The van der Waals surface area contributed by atoms with Gasteiger partial charge in [-0.05, 0) is 30.5 Å². The van der Waals surface area contributed by atoms with Crippen molar-refractivity contribution in [2.75, 3.05) is 31.4 Å². The standard InChI is InChI=1S/C18H22N2O6S/c21-17-8-13(9-20(17)14-4-6-27(23,24)10-14)18(22)19-5-3-12-1-2-15-16(7-12)26-11-25-15/h1-2,7,13-14H,3-6,8-11H2,(H,19,22)/t13-,14-/m0/s1. The first-order chi connectivity index (χ1) is 12.9. The summed E-state index contributed by atoms with van der Waals surface area (Å²) in [6.07, 6.45) is 1.26. The highest BCUT2D eigenvalue weighted by Gasteiger charge is 2.41. The van der Waals surface area contributed by atoms with Crippen LogP contribution in [-0.2, 0) is 25.8 Å². The third kappa shape index (κ3) is 3.87. The van der Waals surface area contributed by atoms with Gasteiger partial charge in [-0.15, -0.1) is 0 Å². The summed E-state index contributed by atoms with van der Waals surface area (Å²) in [5, 5.41) is 2.88. The van der Waals surface area contributed by atoms with E-state index in [0.717, 1.165) is 11.3 Å². The van der Waals surface area contributed by atoms with E-state index in [4.69, 9.17) is 9.47 Å². The summed E-state index contributed by atoms with van der Waals surface area (Å²) >= 11 is 0. The number of benzene rings is 1. The first-order valence-electron chi connectivity index (χ1n) is 9.07. The molecule has 0 aromatic heterocycles. The number of amides is 2. The zero-order chi connectivity index (χ0) is 19.0. The number of sulfone groups is 1. The summed E-state index contributed by atoms with van der Waals surface area (Å²) in [6.45, 7) is 0.986. The van der Waals surface area contributed by atoms with Crippen LogP contribution in [0.25, 0.3) is 0 Å². The third-order valence-electron chi connectivity index (χ3n) is 5.33. The van der Waals surface area contributed by atoms with Crippen LogP contribution < -0.4 is 14.8 Å². The number of rotatable bonds is 5. The number of carbonyl (C=O) groups excluding carboxylic acids is 2. The molecule has 1 aromatic carbocycles. The maximum Gasteiger partial charge on any atom is 0.231 e. The normalized spacial score (nSPS) is 25.8. The highest BCUT2D eigenvalue weighted by atomic mass is 32.2. The lowest BCUT2D eigenvalue weighted by Gasteiger charge is -2.22. The molecule has 2 saturated heterocycles. The van der Waals surface area contributed by atoms with Crippen LogP contribution in [0.5, 0.6) is 11.5 Å². The smallest absolute Gasteiger partial charge is 0.231 e. The number of likely N-dealkylation sites (tertiary alicyclic amines) is 1. The molecule has 2 fully saturated rings. The molecule has 2 amide bonds. The summed E-state index contributed by atoms with van der Waals surface area (Å²) in [6, 6.07) is 5.40. The number of nitrogens with one attached hydrogen (secondary N) is 1. The van der Waals surface area contributed by atoms with Gasteiger partial charge < -0.3 is 19.7 Å². The first kappa shape index (κ1) is 18.1. The summed E-state index contributed by atoms with van der Waals surface area (Å²) < 4.78 is 33.9. The fraction of sp³-hybridized carbons (Fsp3) is 0.556. The van der Waals surface area contributed by atoms with E-state index in [1.54, 1.807) is 4.90 Å². The molecule has 146 valence electrons. The van der Waals surface area contributed by atoms with Crippen LogP contribution >= 0.6 is 0 Å². The molecule has 4 rings (SSSR count). The van der Waals surface area contributed by atoms with E-state index in [-0.39, 0.29) is 42.6 Å². The second-order valence-corrected chi connectivity index (χ2v) is 9.46. The molecule has 27 heavy (non-hydrogen) atoms. The minimum Gasteiger partial charge on any atom is -0.454 e. The number of ether oxygens (including phenoxy) is 2. The van der Waals surface area contributed by atoms with Crippen molar-refractivity contribution < 1.29 is 27.5 Å². The molecule has 3 heterocycles. The van der Waals surface area contributed by atoms with Crippen molar-refractivity contribution in [3.8, 4) is 11.5 Å². The second-order valence-electron chi connectivity index (χ2n) is 7.23. The summed E-state index contributed by atoms with van der Waals surface area (Å²) in [5.74, 6) is 0.854. The second kappa shape index (κ2) is 7.03. The third-order valence-corrected chi connectivity index (χ3v) is 7.08. The predicted octanol–water partition coefficient (Wildman–Crippen LogP) is 0.110. The number of nitrogens with zero attached hydrogens (tertiary/aromatic N) is 1. The molecule has 0 bridgehead atoms. The Morgan fingerprint density at radius 1 is 1.26 bits per heavy atom. The molecule has 2 atom stereocenters. The van der Waals surface area contributed by atoms with Crippen LogP contribution in [0.1, 0.15) is 18.4 Å². The number of carbonyl (C=O) groups is 2. The fourth-order valence-electron chi connectivity index (χ4n) is 3.85. The van der Waals surface area contributed by atoms with Gasteiger partial charge in [0.05, 0.1) is 17.4 Å². The monoisotopic (exact) mass is 394 g/mol. The van der Waals surface area contributed by atoms with Crippen molar-refractivity contribution in [3.05, 3.63) is 23.8 Å². The van der Waals surface area contributed by atoms with Crippen molar-refractivity contribution in [1.29, 1.82) is 0 Å². The number of fused-ring (bicyclic) bond motifs is 1. The zero-order valence-corrected chi connectivity index (χ0v) is 15.7. The SMILES string of the molecule is O=C(NCCc1ccc2c(c1)OCO2)[C@H]1CC(=O)N([C@H]2CCS(=O)(=O)C2)C1. The maximum atomic E-state index is 12.4. The molecule has 1 N–H and O–H groups in total. The van der Waals surface area contributed by atoms with Crippen LogP contribution in [0.2, 0.25) is 0 Å². The maximum absolute atomic E-state index is 12.4. The number of hydrogen-bond acceptors (Lipinski definition) is 6. The minimum atomic E-state index is -3.06. The summed E-state index contributed by atoms with van der Waals surface area (Å²) in [5.41, 5.74) is 1.03. The highest BCUT2D eigenvalue weighted by Crippen LogP contribution is 2.32. The topological polar surface area (TPSA) is 102 Å². The Morgan fingerprint density at radius 3 is 2.85 bits per heavy atom. The lowest BCUT2D eigenvalue weighted by atomic mass is 10.1. The van der Waals surface area contributed by atoms with Gasteiger partial charge in [-0.3, -0.25) is 9.59 Å². The summed E-state index contributed by atoms with van der Waals surface area (Å²) in [4.78, 5) is 26.2. The van der Waals surface area contributed by atoms with E-state index >= 15 is 0 Å². The van der Waals surface area contributed by atoms with E-state index in [1.165, 1.54) is 0 Å². The molecule has 0 spiro atoms. The number of hydrogen-bond donors (Lipinski definition) is 1. The lowest BCUT2D eigenvalue weighted by Crippen LogP contribution is -2.39. The van der Waals surface area contributed by atoms with E-state index in [1.807, 2.05) is 18.2 Å². The fourth-order valence-corrected chi connectivity index (χ4v) is 5.58. The Bertz CT molecular complexity index is 869. The van der Waals surface area contributed by atoms with Gasteiger partial charge in [0.2, 0.25) is 18.6 Å². The van der Waals surface area contributed by atoms with Crippen LogP contribution in [0.15, 0.2) is 18.2 Å². The van der Waals surface area contributed by atoms with Crippen LogP contribution in [0.4, 0.5) is 0 Å². The molecule has 3 aliphatic heterocycles. The van der Waals surface area contributed by atoms with E-state index in [0.29, 0.717) is 31.7 Å². The Labute approximate surface area is 157 Å². The van der Waals surface area contributed by atoms with Gasteiger partial charge in [0.1, 0.15) is 0 Å². The van der Waals surface area contributed by atoms with Crippen molar-refractivity contribution in [1.82, 2.24) is 10.2 Å². The van der Waals surface area contributed by atoms with Crippen molar-refractivity contribution >= 4 is 21.7 Å². The molecular weight excluding hydrogens is 372 g/mol. The molecule has 9 heteroatoms. The molecule has 0 radical (unpaired) electrons. The largest absolute Gasteiger partial charge is 0.454 e. The van der Waals surface area contributed by atoms with Crippen LogP contribution in [-0.4, -0.2) is 62.6 Å². The Balaban J connectivity index is 1.27. The lowest BCUT2D eigenvalue weighted by molar-refractivity contribution is -0.130. The average Bonchev–Trinajstić information content (AvgIpc) is 3.32. The molecule has 0 saturated carbocycles. The van der Waals surface area contributed by atoms with Crippen LogP contribution in [0, 0.1) is 5.92 Å². The van der Waals surface area contributed by atoms with Gasteiger partial charge in [0.25, 0.3) is 0 Å². The highest BCUT2D eigenvalue weighted by molar-refractivity contribution is 7.91. The molecular formula is C18H22N2O6S. The van der Waals surface area contributed by atoms with Crippen molar-refractivity contribution in [2.24, 2.45) is 5.92 Å². The zero-order valence-electron chi connectivity index (χ0n) is 14.8. The van der Waals surface area contributed by atoms with Crippen molar-refractivity contribution in [2.45, 2.75) is 25.3 Å². The van der Waals surface area contributed by atoms with Gasteiger partial charge in [0.15, 0.2) is 21.3 Å². The molecule has 1 aromatic rings. The summed E-state index contributed by atoms with van der Waals surface area (Å²) in [7, 11) is -3.06.